The Morgan fingerprint density at radius 2 is 2.27 bits per heavy atom. The topological polar surface area (TPSA) is 103 Å². The van der Waals surface area contributed by atoms with Gasteiger partial charge in [0.25, 0.3) is 0 Å². The highest BCUT2D eigenvalue weighted by Gasteiger charge is 2.01. The number of carbonyl (C=O) groups is 2. The zero-order valence-electron chi connectivity index (χ0n) is 5.65. The van der Waals surface area contributed by atoms with Crippen molar-refractivity contribution in [2.24, 2.45) is 0 Å². The Morgan fingerprint density at radius 3 is 2.73 bits per heavy atom. The molecule has 0 aliphatic carbocycles. The molecular formula is C5H7N3O3. The third-order valence-corrected chi connectivity index (χ3v) is 0.813. The maximum atomic E-state index is 10.4. The van der Waals surface area contributed by atoms with E-state index in [1.807, 2.05) is 0 Å². The van der Waals surface area contributed by atoms with E-state index >= 15 is 0 Å². The summed E-state index contributed by atoms with van der Waals surface area (Å²) in [6, 6.07) is 0. The molecule has 0 fully saturated rings. The van der Waals surface area contributed by atoms with E-state index < -0.39 is 11.9 Å². The summed E-state index contributed by atoms with van der Waals surface area (Å²) >= 11 is 0. The summed E-state index contributed by atoms with van der Waals surface area (Å²) in [5, 5.41) is 10.3. The average Bonchev–Trinajstić information content (AvgIpc) is 1.87. The lowest BCUT2D eigenvalue weighted by atomic mass is 10.4. The van der Waals surface area contributed by atoms with E-state index in [1.165, 1.54) is 0 Å². The van der Waals surface area contributed by atoms with Gasteiger partial charge in [-0.1, -0.05) is 0 Å². The molecule has 0 radical (unpaired) electrons. The lowest BCUT2D eigenvalue weighted by molar-refractivity contribution is -0.136. The molecule has 1 amide bonds. The molecule has 0 spiro atoms. The number of hydrogen-bond donors (Lipinski definition) is 2. The van der Waals surface area contributed by atoms with E-state index in [2.05, 4.69) is 10.1 Å². The van der Waals surface area contributed by atoms with Gasteiger partial charge in [-0.15, -0.1) is 0 Å². The number of carboxylic acids is 1. The van der Waals surface area contributed by atoms with E-state index in [0.717, 1.165) is 0 Å². The first-order valence-electron chi connectivity index (χ1n) is 2.84. The summed E-state index contributed by atoms with van der Waals surface area (Å²) in [4.78, 5) is 22.8. The van der Waals surface area contributed by atoms with Crippen LogP contribution < -0.4 is 5.32 Å². The Bertz CT molecular complexity index is 207. The van der Waals surface area contributed by atoms with Crippen molar-refractivity contribution in [1.82, 2.24) is 5.32 Å². The van der Waals surface area contributed by atoms with Crippen molar-refractivity contribution in [3.05, 3.63) is 5.53 Å². The molecule has 0 aliphatic heterocycles. The van der Waals surface area contributed by atoms with Crippen LogP contribution in [0.5, 0.6) is 0 Å². The third-order valence-electron chi connectivity index (χ3n) is 0.813. The Morgan fingerprint density at radius 1 is 1.64 bits per heavy atom. The molecule has 6 nitrogen and oxygen atoms in total. The quantitative estimate of drug-likeness (QED) is 0.307. The van der Waals surface area contributed by atoms with Crippen molar-refractivity contribution < 1.29 is 19.5 Å². The Kier molecular flexibility index (Phi) is 4.35. The predicted octanol–water partition coefficient (Wildman–Crippen LogP) is -1.12. The van der Waals surface area contributed by atoms with Crippen LogP contribution in [0.1, 0.15) is 6.42 Å². The Labute approximate surface area is 62.4 Å². The standard InChI is InChI=1S/C5H7N3O3/c6-8-3-4(9)7-2-1-5(10)11/h3H,1-2H2,(H,7,9)(H,10,11). The molecule has 0 rings (SSSR count). The first kappa shape index (κ1) is 9.32. The van der Waals surface area contributed by atoms with Crippen LogP contribution in [-0.2, 0) is 9.59 Å². The van der Waals surface area contributed by atoms with Gasteiger partial charge in [0, 0.05) is 6.54 Å². The summed E-state index contributed by atoms with van der Waals surface area (Å²) in [7, 11) is 0. The zero-order chi connectivity index (χ0) is 8.69. The molecule has 0 heterocycles. The van der Waals surface area contributed by atoms with Crippen molar-refractivity contribution in [1.29, 1.82) is 0 Å². The summed E-state index contributed by atoms with van der Waals surface area (Å²) in [5.74, 6) is -1.61. The molecule has 0 saturated heterocycles. The molecule has 0 aromatic carbocycles. The summed E-state index contributed by atoms with van der Waals surface area (Å²) in [5.41, 5.74) is 7.84. The van der Waals surface area contributed by atoms with Crippen LogP contribution >= 0.6 is 0 Å². The number of carboxylic acid groups (broad SMARTS) is 1. The van der Waals surface area contributed by atoms with E-state index in [0.29, 0.717) is 6.21 Å². The summed E-state index contributed by atoms with van der Waals surface area (Å²) in [6.45, 7) is 0.0280. The van der Waals surface area contributed by atoms with Crippen molar-refractivity contribution in [3.8, 4) is 0 Å². The molecule has 6 heteroatoms. The number of carbonyl (C=O) groups excluding carboxylic acids is 1. The maximum Gasteiger partial charge on any atom is 0.344 e. The highest BCUT2D eigenvalue weighted by Crippen LogP contribution is 1.73. The van der Waals surface area contributed by atoms with Crippen LogP contribution in [0.3, 0.4) is 0 Å². The molecule has 11 heavy (non-hydrogen) atoms. The van der Waals surface area contributed by atoms with Gasteiger partial charge in [-0.05, 0) is 0 Å². The second-order valence-corrected chi connectivity index (χ2v) is 1.68. The Balaban J connectivity index is 3.47. The van der Waals surface area contributed by atoms with Crippen LogP contribution in [0.4, 0.5) is 0 Å². The molecule has 0 unspecified atom stereocenters. The van der Waals surface area contributed by atoms with Gasteiger partial charge in [0.1, 0.15) is 0 Å². The van der Waals surface area contributed by atoms with Crippen LogP contribution in [-0.4, -0.2) is 34.5 Å². The molecule has 0 saturated carbocycles. The van der Waals surface area contributed by atoms with E-state index in [4.69, 9.17) is 10.6 Å². The monoisotopic (exact) mass is 157 g/mol. The third kappa shape index (κ3) is 6.20. The van der Waals surface area contributed by atoms with Gasteiger partial charge >= 0.3 is 18.1 Å². The van der Waals surface area contributed by atoms with Gasteiger partial charge in [0.15, 0.2) is 0 Å². The summed E-state index contributed by atoms with van der Waals surface area (Å²) < 4.78 is 0. The van der Waals surface area contributed by atoms with Gasteiger partial charge in [0.05, 0.1) is 6.42 Å². The largest absolute Gasteiger partial charge is 0.481 e. The van der Waals surface area contributed by atoms with E-state index in [-0.39, 0.29) is 13.0 Å². The van der Waals surface area contributed by atoms with Crippen molar-refractivity contribution in [3.63, 3.8) is 0 Å². The highest BCUT2D eigenvalue weighted by molar-refractivity contribution is 6.23. The zero-order valence-corrected chi connectivity index (χ0v) is 5.65. The van der Waals surface area contributed by atoms with Gasteiger partial charge < -0.3 is 16.0 Å². The first-order valence-corrected chi connectivity index (χ1v) is 2.84. The van der Waals surface area contributed by atoms with Gasteiger partial charge in [0.2, 0.25) is 0 Å². The lowest BCUT2D eigenvalue weighted by Crippen LogP contribution is -2.26. The number of nitrogens with zero attached hydrogens (tertiary/aromatic N) is 2. The van der Waals surface area contributed by atoms with E-state index in [9.17, 15) is 9.59 Å². The fourth-order valence-electron chi connectivity index (χ4n) is 0.391. The average molecular weight is 157 g/mol. The van der Waals surface area contributed by atoms with Gasteiger partial charge in [-0.2, -0.15) is 4.79 Å². The van der Waals surface area contributed by atoms with Gasteiger partial charge in [-0.3, -0.25) is 9.59 Å². The first-order chi connectivity index (χ1) is 5.16. The number of aliphatic carboxylic acids is 1. The lowest BCUT2D eigenvalue weighted by Gasteiger charge is -1.93. The summed E-state index contributed by atoms with van der Waals surface area (Å²) in [6.07, 6.45) is 0.507. The van der Waals surface area contributed by atoms with Gasteiger partial charge in [-0.25, -0.2) is 0 Å². The number of rotatable bonds is 4. The van der Waals surface area contributed by atoms with Crippen LogP contribution in [0.25, 0.3) is 5.53 Å². The Hall–Kier alpha value is -1.68. The van der Waals surface area contributed by atoms with E-state index in [1.54, 1.807) is 0 Å². The number of hydrogen-bond acceptors (Lipinski definition) is 2. The number of amides is 1. The molecule has 0 aromatic rings. The second-order valence-electron chi connectivity index (χ2n) is 1.68. The molecule has 0 aliphatic rings. The molecule has 60 valence electrons. The molecule has 2 N–H and O–H groups in total. The fourth-order valence-corrected chi connectivity index (χ4v) is 0.391. The SMILES string of the molecule is [N-]=[N+]=CC(=O)NCCC(=O)O. The van der Waals surface area contributed by atoms with Crippen LogP contribution in [0, 0.1) is 0 Å². The molecule has 0 bridgehead atoms. The van der Waals surface area contributed by atoms with Crippen molar-refractivity contribution in [2.75, 3.05) is 6.54 Å². The van der Waals surface area contributed by atoms with Crippen molar-refractivity contribution >= 4 is 18.1 Å². The minimum Gasteiger partial charge on any atom is -0.481 e. The smallest absolute Gasteiger partial charge is 0.344 e. The normalized spacial score (nSPS) is 8.00. The van der Waals surface area contributed by atoms with Crippen LogP contribution in [0.15, 0.2) is 0 Å². The second kappa shape index (κ2) is 5.13. The maximum absolute atomic E-state index is 10.4. The molecule has 0 atom stereocenters. The van der Waals surface area contributed by atoms with Crippen molar-refractivity contribution in [2.45, 2.75) is 6.42 Å². The fraction of sp³-hybridized carbons (Fsp3) is 0.400. The number of nitrogens with one attached hydrogen (secondary N) is 1. The predicted molar refractivity (Wildman–Crippen MR) is 34.9 cm³/mol. The molecule has 0 aromatic heterocycles. The highest BCUT2D eigenvalue weighted by atomic mass is 16.4. The van der Waals surface area contributed by atoms with Crippen LogP contribution in [0.2, 0.25) is 0 Å². The minimum absolute atomic E-state index is 0.0280. The molecular weight excluding hydrogens is 150 g/mol. The minimum atomic E-state index is -0.994.